The number of carbonyl (C=O) groups excluding carboxylic acids is 2. The predicted octanol–water partition coefficient (Wildman–Crippen LogP) is 3.05. The van der Waals surface area contributed by atoms with E-state index < -0.39 is 23.9 Å². The summed E-state index contributed by atoms with van der Waals surface area (Å²) < 4.78 is 5.49. The van der Waals surface area contributed by atoms with Gasteiger partial charge in [-0.05, 0) is 62.8 Å². The Kier molecular flexibility index (Phi) is 8.09. The van der Waals surface area contributed by atoms with Crippen molar-refractivity contribution in [3.63, 3.8) is 0 Å². The van der Waals surface area contributed by atoms with Gasteiger partial charge >= 0.3 is 0 Å². The average molecular weight is 446 g/mol. The van der Waals surface area contributed by atoms with E-state index in [1.807, 2.05) is 26.8 Å². The number of amides is 2. The maximum absolute atomic E-state index is 13.0. The first-order valence-electron chi connectivity index (χ1n) is 11.6. The van der Waals surface area contributed by atoms with Crippen LogP contribution in [0.2, 0.25) is 0 Å². The highest BCUT2D eigenvalue weighted by molar-refractivity contribution is 6.05. The Morgan fingerprint density at radius 1 is 1.25 bits per heavy atom. The summed E-state index contributed by atoms with van der Waals surface area (Å²) in [7, 11) is 0. The molecule has 0 bridgehead atoms. The van der Waals surface area contributed by atoms with Gasteiger partial charge in [-0.1, -0.05) is 25.0 Å². The zero-order chi connectivity index (χ0) is 23.4. The summed E-state index contributed by atoms with van der Waals surface area (Å²) in [4.78, 5) is 27.2. The molecule has 1 saturated heterocycles. The molecule has 7 heteroatoms. The third kappa shape index (κ3) is 4.75. The van der Waals surface area contributed by atoms with Gasteiger partial charge in [0.15, 0.2) is 0 Å². The van der Waals surface area contributed by atoms with Gasteiger partial charge in [-0.2, -0.15) is 0 Å². The molecule has 7 nitrogen and oxygen atoms in total. The topological polar surface area (TPSA) is 111 Å². The van der Waals surface area contributed by atoms with Gasteiger partial charge in [0.25, 0.3) is 0 Å². The highest BCUT2D eigenvalue weighted by Gasteiger charge is 2.54. The van der Waals surface area contributed by atoms with E-state index in [1.54, 1.807) is 12.1 Å². The van der Waals surface area contributed by atoms with Gasteiger partial charge in [0.2, 0.25) is 11.8 Å². The van der Waals surface area contributed by atoms with Crippen molar-refractivity contribution in [3.8, 4) is 0 Å². The van der Waals surface area contributed by atoms with Crippen LogP contribution in [0.5, 0.6) is 0 Å². The molecule has 3 rings (SSSR count). The molecule has 0 radical (unpaired) electrons. The number of fused-ring (bicyclic) bond motifs is 1. The van der Waals surface area contributed by atoms with Crippen LogP contribution in [-0.4, -0.2) is 51.3 Å². The number of imide groups is 1. The van der Waals surface area contributed by atoms with Crippen LogP contribution >= 0.6 is 0 Å². The molecule has 176 valence electrons. The number of hydrogen-bond acceptors (Lipinski definition) is 6. The molecule has 3 N–H and O–H groups in total. The van der Waals surface area contributed by atoms with Gasteiger partial charge in [-0.15, -0.1) is 0 Å². The summed E-state index contributed by atoms with van der Waals surface area (Å²) in [5.74, 6) is -0.757. The van der Waals surface area contributed by atoms with Gasteiger partial charge in [-0.3, -0.25) is 14.5 Å². The highest BCUT2D eigenvalue weighted by Crippen LogP contribution is 2.47. The first kappa shape index (κ1) is 24.4. The van der Waals surface area contributed by atoms with Crippen molar-refractivity contribution < 1.29 is 29.3 Å². The number of carbonyl (C=O) groups is 2. The van der Waals surface area contributed by atoms with Gasteiger partial charge < -0.3 is 19.7 Å². The Morgan fingerprint density at radius 3 is 2.59 bits per heavy atom. The number of nitrogens with zero attached hydrogens (tertiary/aromatic N) is 1. The summed E-state index contributed by atoms with van der Waals surface area (Å²) in [6, 6.07) is 3.51. The minimum atomic E-state index is -0.792. The highest BCUT2D eigenvalue weighted by atomic mass is 16.4. The first-order valence-corrected chi connectivity index (χ1v) is 11.6. The fourth-order valence-corrected chi connectivity index (χ4v) is 5.20. The predicted molar refractivity (Wildman–Crippen MR) is 120 cm³/mol. The second kappa shape index (κ2) is 10.6. The van der Waals surface area contributed by atoms with Crippen LogP contribution in [0.25, 0.3) is 6.08 Å². The number of furan rings is 1. The van der Waals surface area contributed by atoms with Crippen molar-refractivity contribution in [2.75, 3.05) is 13.2 Å². The molecule has 0 aromatic carbocycles. The van der Waals surface area contributed by atoms with Gasteiger partial charge in [0.1, 0.15) is 18.1 Å². The molecular weight excluding hydrogens is 410 g/mol. The number of aliphatic hydroxyl groups excluding tert-OH is 3. The quantitative estimate of drug-likeness (QED) is 0.377. The van der Waals surface area contributed by atoms with E-state index in [0.29, 0.717) is 50.2 Å². The van der Waals surface area contributed by atoms with Crippen molar-refractivity contribution in [2.45, 2.75) is 65.6 Å². The van der Waals surface area contributed by atoms with Crippen molar-refractivity contribution in [1.82, 2.24) is 4.90 Å². The van der Waals surface area contributed by atoms with Gasteiger partial charge in [-0.25, -0.2) is 0 Å². The maximum atomic E-state index is 13.0. The fourth-order valence-electron chi connectivity index (χ4n) is 5.20. The van der Waals surface area contributed by atoms with E-state index in [2.05, 4.69) is 0 Å². The van der Waals surface area contributed by atoms with Gasteiger partial charge in [0.05, 0.1) is 24.5 Å². The van der Waals surface area contributed by atoms with Crippen molar-refractivity contribution in [1.29, 1.82) is 0 Å². The third-order valence-electron chi connectivity index (χ3n) is 6.74. The zero-order valence-corrected chi connectivity index (χ0v) is 19.2. The van der Waals surface area contributed by atoms with Gasteiger partial charge in [0, 0.05) is 12.5 Å². The average Bonchev–Trinajstić information content (AvgIpc) is 3.34. The van der Waals surface area contributed by atoms with Crippen molar-refractivity contribution >= 4 is 17.9 Å². The minimum Gasteiger partial charge on any atom is -0.459 e. The fraction of sp³-hybridized carbons (Fsp3) is 0.600. The van der Waals surface area contributed by atoms with Crippen LogP contribution in [0, 0.1) is 17.8 Å². The minimum absolute atomic E-state index is 0.140. The number of aliphatic hydroxyl groups is 3. The lowest BCUT2D eigenvalue weighted by atomic mass is 9.67. The lowest BCUT2D eigenvalue weighted by Gasteiger charge is -2.36. The summed E-state index contributed by atoms with van der Waals surface area (Å²) >= 11 is 0. The number of rotatable bonds is 10. The molecule has 32 heavy (non-hydrogen) atoms. The largest absolute Gasteiger partial charge is 0.459 e. The van der Waals surface area contributed by atoms with Crippen LogP contribution in [0.1, 0.15) is 64.4 Å². The molecule has 1 aromatic rings. The molecular formula is C25H35NO6. The lowest BCUT2D eigenvalue weighted by molar-refractivity contribution is -0.140. The number of likely N-dealkylation sites (tertiary alicyclic amines) is 1. The molecule has 2 amide bonds. The molecule has 0 unspecified atom stereocenters. The Labute approximate surface area is 189 Å². The van der Waals surface area contributed by atoms with E-state index >= 15 is 0 Å². The van der Waals surface area contributed by atoms with Crippen molar-refractivity contribution in [3.05, 3.63) is 40.4 Å². The van der Waals surface area contributed by atoms with E-state index in [9.17, 15) is 19.8 Å². The molecule has 2 aliphatic rings. The molecule has 0 saturated carbocycles. The van der Waals surface area contributed by atoms with Crippen molar-refractivity contribution in [2.24, 2.45) is 17.8 Å². The van der Waals surface area contributed by atoms with E-state index in [4.69, 9.17) is 9.52 Å². The third-order valence-corrected chi connectivity index (χ3v) is 6.74. The smallest absolute Gasteiger partial charge is 0.233 e. The summed E-state index contributed by atoms with van der Waals surface area (Å²) in [6.45, 7) is 5.85. The van der Waals surface area contributed by atoms with Crippen LogP contribution < -0.4 is 0 Å². The van der Waals surface area contributed by atoms with E-state index in [1.165, 1.54) is 4.90 Å². The summed E-state index contributed by atoms with van der Waals surface area (Å²) in [5.41, 5.74) is 2.73. The van der Waals surface area contributed by atoms with Crippen LogP contribution in [0.15, 0.2) is 33.3 Å². The Balaban J connectivity index is 1.78. The Hall–Kier alpha value is -2.22. The Morgan fingerprint density at radius 2 is 2.00 bits per heavy atom. The summed E-state index contributed by atoms with van der Waals surface area (Å²) in [6.07, 6.45) is 3.99. The molecule has 2 heterocycles. The molecule has 1 aliphatic heterocycles. The second-order valence-corrected chi connectivity index (χ2v) is 8.87. The van der Waals surface area contributed by atoms with E-state index in [0.717, 1.165) is 16.7 Å². The lowest BCUT2D eigenvalue weighted by Crippen LogP contribution is -2.39. The molecule has 4 atom stereocenters. The maximum Gasteiger partial charge on any atom is 0.233 e. The number of allylic oxidation sites excluding steroid dienone is 2. The summed E-state index contributed by atoms with van der Waals surface area (Å²) in [5, 5.41) is 30.5. The van der Waals surface area contributed by atoms with Crippen LogP contribution in [0.4, 0.5) is 0 Å². The molecule has 1 fully saturated rings. The Bertz CT molecular complexity index is 898. The van der Waals surface area contributed by atoms with E-state index in [-0.39, 0.29) is 25.0 Å². The first-order chi connectivity index (χ1) is 15.4. The monoisotopic (exact) mass is 445 g/mol. The normalized spacial score (nSPS) is 25.0. The second-order valence-electron chi connectivity index (χ2n) is 8.87. The van der Waals surface area contributed by atoms with Crippen LogP contribution in [-0.2, 0) is 16.2 Å². The van der Waals surface area contributed by atoms with Crippen LogP contribution in [0.3, 0.4) is 0 Å². The standard InChI is InChI=1S/C25H35NO6/c1-4-10-26-24(30)19-12-16(5-2)22(20(14-28)23(19)25(26)31)21(29)9-6-15(3)11-17-7-8-18(13-27)32-17/h7-8,11,19-21,23,27-29H,4-6,9-10,12-14H2,1-3H3/b15-11+/t19-,20+,21-,23-/m1/s1. The molecule has 0 spiro atoms. The SMILES string of the molecule is CCCN1C(=O)[C@@H]2[C@@H](CC(CC)=C([C@H](O)CC/C(C)=C/c3ccc(CO)o3)[C@@H]2CO)C1=O. The zero-order valence-electron chi connectivity index (χ0n) is 19.2. The molecule has 1 aliphatic carbocycles. The molecule has 1 aromatic heterocycles. The number of hydrogen-bond donors (Lipinski definition) is 3.